The number of hydrogen-bond acceptors (Lipinski definition) is 8. The first kappa shape index (κ1) is 20.2. The monoisotopic (exact) mass is 405 g/mol. The van der Waals surface area contributed by atoms with Gasteiger partial charge in [0.1, 0.15) is 5.75 Å². The molecule has 2 amide bonds. The van der Waals surface area contributed by atoms with E-state index in [-0.39, 0.29) is 15.9 Å². The standard InChI is InChI=1S/C18H23N5O4S/c1-26-14-5-3-13(4-6-14)20-16(25)18-22-21-17(28-18)15(24)19-7-2-8-23-9-11-27-12-10-23/h3-6H,2,7-12H2,1H3,(H,19,24)(H,20,25). The normalized spacial score (nSPS) is 14.5. The predicted octanol–water partition coefficient (Wildman–Crippen LogP) is 1.25. The number of carbonyl (C=O) groups excluding carboxylic acids is 2. The number of anilines is 1. The lowest BCUT2D eigenvalue weighted by Crippen LogP contribution is -2.38. The predicted molar refractivity (Wildman–Crippen MR) is 105 cm³/mol. The third kappa shape index (κ3) is 5.72. The van der Waals surface area contributed by atoms with Gasteiger partial charge in [-0.05, 0) is 37.2 Å². The molecular formula is C18H23N5O4S. The van der Waals surface area contributed by atoms with Crippen molar-refractivity contribution in [2.75, 3.05) is 51.8 Å². The summed E-state index contributed by atoms with van der Waals surface area (Å²) in [6.07, 6.45) is 0.843. The largest absolute Gasteiger partial charge is 0.497 e. The second kappa shape index (κ2) is 10.1. The van der Waals surface area contributed by atoms with Crippen LogP contribution in [0.5, 0.6) is 5.75 Å². The van der Waals surface area contributed by atoms with E-state index in [2.05, 4.69) is 25.7 Å². The summed E-state index contributed by atoms with van der Waals surface area (Å²) in [4.78, 5) is 26.7. The quantitative estimate of drug-likeness (QED) is 0.637. The lowest BCUT2D eigenvalue weighted by molar-refractivity contribution is 0.0374. The number of hydrogen-bond donors (Lipinski definition) is 2. The molecule has 2 heterocycles. The van der Waals surface area contributed by atoms with E-state index in [0.717, 1.165) is 50.6 Å². The molecular weight excluding hydrogens is 382 g/mol. The molecule has 0 radical (unpaired) electrons. The Hall–Kier alpha value is -2.56. The first-order valence-corrected chi connectivity index (χ1v) is 9.84. The third-order valence-electron chi connectivity index (χ3n) is 4.20. The molecule has 3 rings (SSSR count). The van der Waals surface area contributed by atoms with Crippen LogP contribution in [0.4, 0.5) is 5.69 Å². The maximum absolute atomic E-state index is 12.3. The molecule has 0 aliphatic carbocycles. The molecule has 0 spiro atoms. The lowest BCUT2D eigenvalue weighted by Gasteiger charge is -2.26. The number of nitrogens with zero attached hydrogens (tertiary/aromatic N) is 3. The van der Waals surface area contributed by atoms with Crippen molar-refractivity contribution in [3.8, 4) is 5.75 Å². The molecule has 2 aromatic rings. The second-order valence-electron chi connectivity index (χ2n) is 6.16. The molecule has 0 bridgehead atoms. The molecule has 10 heteroatoms. The van der Waals surface area contributed by atoms with Crippen molar-refractivity contribution in [3.05, 3.63) is 34.3 Å². The third-order valence-corrected chi connectivity index (χ3v) is 5.12. The Morgan fingerprint density at radius 2 is 1.82 bits per heavy atom. The van der Waals surface area contributed by atoms with Crippen LogP contribution in [-0.4, -0.2) is 73.4 Å². The molecule has 1 aromatic carbocycles. The highest BCUT2D eigenvalue weighted by molar-refractivity contribution is 7.15. The number of methoxy groups -OCH3 is 1. The van der Waals surface area contributed by atoms with Crippen molar-refractivity contribution in [2.45, 2.75) is 6.42 Å². The summed E-state index contributed by atoms with van der Waals surface area (Å²) in [7, 11) is 1.57. The molecule has 0 atom stereocenters. The average Bonchev–Trinajstić information content (AvgIpc) is 3.23. The van der Waals surface area contributed by atoms with Gasteiger partial charge in [-0.1, -0.05) is 11.3 Å². The number of carbonyl (C=O) groups is 2. The van der Waals surface area contributed by atoms with Crippen molar-refractivity contribution in [1.82, 2.24) is 20.4 Å². The first-order valence-electron chi connectivity index (χ1n) is 9.03. The zero-order chi connectivity index (χ0) is 19.8. The van der Waals surface area contributed by atoms with E-state index in [0.29, 0.717) is 18.0 Å². The summed E-state index contributed by atoms with van der Waals surface area (Å²) in [5, 5.41) is 13.5. The molecule has 150 valence electrons. The highest BCUT2D eigenvalue weighted by Crippen LogP contribution is 2.17. The molecule has 0 saturated carbocycles. The molecule has 1 aliphatic heterocycles. The van der Waals surface area contributed by atoms with Crippen LogP contribution in [0.2, 0.25) is 0 Å². The van der Waals surface area contributed by atoms with E-state index in [1.54, 1.807) is 31.4 Å². The molecule has 1 fully saturated rings. The molecule has 1 aliphatic rings. The van der Waals surface area contributed by atoms with Crippen molar-refractivity contribution in [2.24, 2.45) is 0 Å². The topological polar surface area (TPSA) is 106 Å². The summed E-state index contributed by atoms with van der Waals surface area (Å²) in [6.45, 7) is 4.84. The van der Waals surface area contributed by atoms with Gasteiger partial charge in [0.2, 0.25) is 10.0 Å². The van der Waals surface area contributed by atoms with Gasteiger partial charge in [0, 0.05) is 25.3 Å². The highest BCUT2D eigenvalue weighted by atomic mass is 32.1. The van der Waals surface area contributed by atoms with Gasteiger partial charge in [-0.15, -0.1) is 10.2 Å². The second-order valence-corrected chi connectivity index (χ2v) is 7.14. The number of nitrogens with one attached hydrogen (secondary N) is 2. The maximum atomic E-state index is 12.3. The van der Waals surface area contributed by atoms with E-state index in [4.69, 9.17) is 9.47 Å². The van der Waals surface area contributed by atoms with Gasteiger partial charge in [-0.25, -0.2) is 0 Å². The van der Waals surface area contributed by atoms with Crippen molar-refractivity contribution < 1.29 is 19.1 Å². The van der Waals surface area contributed by atoms with Crippen LogP contribution in [-0.2, 0) is 4.74 Å². The maximum Gasteiger partial charge on any atom is 0.286 e. The minimum Gasteiger partial charge on any atom is -0.497 e. The van der Waals surface area contributed by atoms with Crippen molar-refractivity contribution in [1.29, 1.82) is 0 Å². The molecule has 9 nitrogen and oxygen atoms in total. The Kier molecular flexibility index (Phi) is 7.29. The van der Waals surface area contributed by atoms with Crippen LogP contribution < -0.4 is 15.4 Å². The number of morpholine rings is 1. The van der Waals surface area contributed by atoms with Gasteiger partial charge in [-0.3, -0.25) is 14.5 Å². The molecule has 0 unspecified atom stereocenters. The fourth-order valence-corrected chi connectivity index (χ4v) is 3.33. The zero-order valence-electron chi connectivity index (χ0n) is 15.6. The number of benzene rings is 1. The number of ether oxygens (including phenoxy) is 2. The van der Waals surface area contributed by atoms with Crippen molar-refractivity contribution in [3.63, 3.8) is 0 Å². The van der Waals surface area contributed by atoms with E-state index < -0.39 is 5.91 Å². The van der Waals surface area contributed by atoms with Gasteiger partial charge in [-0.2, -0.15) is 0 Å². The Labute approximate surface area is 167 Å². The van der Waals surface area contributed by atoms with Gasteiger partial charge in [0.15, 0.2) is 0 Å². The minimum absolute atomic E-state index is 0.134. The fraction of sp³-hybridized carbons (Fsp3) is 0.444. The average molecular weight is 405 g/mol. The van der Waals surface area contributed by atoms with Crippen LogP contribution in [0.1, 0.15) is 26.0 Å². The SMILES string of the molecule is COc1ccc(NC(=O)c2nnc(C(=O)NCCCN3CCOCC3)s2)cc1. The summed E-state index contributed by atoms with van der Waals surface area (Å²) in [5.41, 5.74) is 0.607. The molecule has 1 aromatic heterocycles. The van der Waals surface area contributed by atoms with Crippen LogP contribution in [0.3, 0.4) is 0 Å². The van der Waals surface area contributed by atoms with E-state index in [1.807, 2.05) is 0 Å². The van der Waals surface area contributed by atoms with E-state index in [1.165, 1.54) is 0 Å². The zero-order valence-corrected chi connectivity index (χ0v) is 16.5. The van der Waals surface area contributed by atoms with Crippen LogP contribution in [0.15, 0.2) is 24.3 Å². The Bertz CT molecular complexity index is 790. The number of rotatable bonds is 8. The van der Waals surface area contributed by atoms with Gasteiger partial charge in [0.25, 0.3) is 11.8 Å². The molecule has 2 N–H and O–H groups in total. The summed E-state index contributed by atoms with van der Waals surface area (Å²) < 4.78 is 10.4. The van der Waals surface area contributed by atoms with E-state index in [9.17, 15) is 9.59 Å². The highest BCUT2D eigenvalue weighted by Gasteiger charge is 2.17. The first-order chi connectivity index (χ1) is 13.7. The Morgan fingerprint density at radius 3 is 2.50 bits per heavy atom. The Balaban J connectivity index is 1.44. The molecule has 28 heavy (non-hydrogen) atoms. The summed E-state index contributed by atoms with van der Waals surface area (Å²) in [5.74, 6) is -0.0292. The lowest BCUT2D eigenvalue weighted by atomic mass is 10.3. The summed E-state index contributed by atoms with van der Waals surface area (Å²) in [6, 6.07) is 6.93. The molecule has 1 saturated heterocycles. The number of amides is 2. The van der Waals surface area contributed by atoms with Crippen LogP contribution >= 0.6 is 11.3 Å². The summed E-state index contributed by atoms with van der Waals surface area (Å²) >= 11 is 0.964. The number of aromatic nitrogens is 2. The Morgan fingerprint density at radius 1 is 1.14 bits per heavy atom. The fourth-order valence-electron chi connectivity index (χ4n) is 2.67. The van der Waals surface area contributed by atoms with E-state index >= 15 is 0 Å². The van der Waals surface area contributed by atoms with Crippen LogP contribution in [0.25, 0.3) is 0 Å². The minimum atomic E-state index is -0.408. The smallest absolute Gasteiger partial charge is 0.286 e. The van der Waals surface area contributed by atoms with Gasteiger partial charge >= 0.3 is 0 Å². The van der Waals surface area contributed by atoms with Gasteiger partial charge < -0.3 is 20.1 Å². The van der Waals surface area contributed by atoms with Crippen LogP contribution in [0, 0.1) is 0 Å². The van der Waals surface area contributed by atoms with Gasteiger partial charge in [0.05, 0.1) is 20.3 Å². The van der Waals surface area contributed by atoms with Crippen molar-refractivity contribution >= 4 is 28.8 Å².